The molecule has 0 saturated heterocycles. The maximum atomic E-state index is 11.3. The van der Waals surface area contributed by atoms with E-state index in [1.807, 2.05) is 24.3 Å². The summed E-state index contributed by atoms with van der Waals surface area (Å²) in [4.78, 5) is 15.4. The molecule has 0 aliphatic carbocycles. The summed E-state index contributed by atoms with van der Waals surface area (Å²) in [6, 6.07) is 7.81. The third-order valence-corrected chi connectivity index (χ3v) is 2.52. The van der Waals surface area contributed by atoms with Crippen LogP contribution in [0.15, 0.2) is 35.3 Å². The lowest BCUT2D eigenvalue weighted by molar-refractivity contribution is -0.141. The Morgan fingerprint density at radius 3 is 2.71 bits per heavy atom. The third-order valence-electron chi connectivity index (χ3n) is 2.52. The first-order valence-electron chi connectivity index (χ1n) is 5.70. The number of aryl methyl sites for hydroxylation is 1. The third kappa shape index (κ3) is 3.03. The second-order valence-corrected chi connectivity index (χ2v) is 3.95. The number of ether oxygens (including phenoxy) is 1. The molecule has 0 radical (unpaired) electrons. The topological polar surface area (TPSA) is 38.7 Å². The Morgan fingerprint density at radius 1 is 1.35 bits per heavy atom. The molecule has 88 valence electrons. The lowest BCUT2D eigenvalue weighted by atomic mass is 10.1. The van der Waals surface area contributed by atoms with Crippen LogP contribution in [0.25, 0.3) is 6.08 Å². The Hall–Kier alpha value is -1.90. The molecule has 0 N–H and O–H groups in total. The van der Waals surface area contributed by atoms with Crippen molar-refractivity contribution in [2.24, 2.45) is 4.99 Å². The summed E-state index contributed by atoms with van der Waals surface area (Å²) in [6.45, 7) is 4.25. The van der Waals surface area contributed by atoms with Gasteiger partial charge in [-0.1, -0.05) is 35.9 Å². The average Bonchev–Trinajstić information content (AvgIpc) is 3.08. The van der Waals surface area contributed by atoms with E-state index in [9.17, 15) is 4.79 Å². The Kier molecular flexibility index (Phi) is 3.38. The summed E-state index contributed by atoms with van der Waals surface area (Å²) in [5.74, 6) is -0.254. The van der Waals surface area contributed by atoms with Gasteiger partial charge in [-0.3, -0.25) is 4.99 Å². The quantitative estimate of drug-likeness (QED) is 0.743. The molecule has 1 aliphatic rings. The number of nitrogens with zero attached hydrogens (tertiary/aromatic N) is 1. The molecule has 1 heterocycles. The summed E-state index contributed by atoms with van der Waals surface area (Å²) < 4.78 is 4.88. The van der Waals surface area contributed by atoms with Crippen molar-refractivity contribution in [1.29, 1.82) is 0 Å². The Labute approximate surface area is 101 Å². The van der Waals surface area contributed by atoms with Gasteiger partial charge >= 0.3 is 5.97 Å². The van der Waals surface area contributed by atoms with Crippen LogP contribution < -0.4 is 0 Å². The van der Waals surface area contributed by atoms with Crippen LogP contribution in [0.2, 0.25) is 0 Å². The van der Waals surface area contributed by atoms with E-state index >= 15 is 0 Å². The maximum absolute atomic E-state index is 11.3. The van der Waals surface area contributed by atoms with Gasteiger partial charge < -0.3 is 4.74 Å². The van der Waals surface area contributed by atoms with Crippen LogP contribution in [0.5, 0.6) is 0 Å². The van der Waals surface area contributed by atoms with Crippen LogP contribution in [0.4, 0.5) is 0 Å². The van der Waals surface area contributed by atoms with Gasteiger partial charge in [0.1, 0.15) is 0 Å². The standard InChI is InChI=1S/C14H15NO2/c1-3-17-14(16)13-12(15-13)9-8-11-6-4-10(2)5-7-11/h4-9,13H,3H2,1-2H3/b9-8+. The lowest BCUT2D eigenvalue weighted by Gasteiger charge is -1.96. The molecular formula is C14H15NO2. The van der Waals surface area contributed by atoms with Crippen LogP contribution in [0.1, 0.15) is 18.1 Å². The molecule has 1 aliphatic heterocycles. The molecule has 3 heteroatoms. The Balaban J connectivity index is 1.89. The van der Waals surface area contributed by atoms with E-state index in [0.717, 1.165) is 11.3 Å². The normalized spacial score (nSPS) is 18.0. The van der Waals surface area contributed by atoms with Crippen molar-refractivity contribution in [2.75, 3.05) is 6.61 Å². The molecule has 3 nitrogen and oxygen atoms in total. The van der Waals surface area contributed by atoms with Crippen LogP contribution in [0.3, 0.4) is 0 Å². The molecule has 0 aromatic heterocycles. The minimum Gasteiger partial charge on any atom is -0.464 e. The summed E-state index contributed by atoms with van der Waals surface area (Å²) in [7, 11) is 0. The highest BCUT2D eigenvalue weighted by Crippen LogP contribution is 2.16. The van der Waals surface area contributed by atoms with E-state index in [1.165, 1.54) is 5.56 Å². The molecule has 1 aromatic rings. The van der Waals surface area contributed by atoms with Crippen molar-refractivity contribution in [3.63, 3.8) is 0 Å². The van der Waals surface area contributed by atoms with Gasteiger partial charge in [0, 0.05) is 0 Å². The minimum atomic E-state index is -0.364. The van der Waals surface area contributed by atoms with Gasteiger partial charge in [-0.2, -0.15) is 0 Å². The van der Waals surface area contributed by atoms with E-state index in [4.69, 9.17) is 4.74 Å². The van der Waals surface area contributed by atoms with E-state index in [1.54, 1.807) is 6.92 Å². The highest BCUT2D eigenvalue weighted by atomic mass is 16.5. The van der Waals surface area contributed by atoms with Gasteiger partial charge in [0.15, 0.2) is 6.04 Å². The summed E-state index contributed by atoms with van der Waals surface area (Å²) in [5.41, 5.74) is 3.13. The fourth-order valence-corrected chi connectivity index (χ4v) is 1.50. The number of benzene rings is 1. The predicted octanol–water partition coefficient (Wildman–Crippen LogP) is 2.39. The molecule has 1 unspecified atom stereocenters. The fraction of sp³-hybridized carbons (Fsp3) is 0.286. The lowest BCUT2D eigenvalue weighted by Crippen LogP contribution is -2.15. The van der Waals surface area contributed by atoms with Crippen molar-refractivity contribution < 1.29 is 9.53 Å². The summed E-state index contributed by atoms with van der Waals surface area (Å²) in [6.07, 6.45) is 3.82. The monoisotopic (exact) mass is 229 g/mol. The minimum absolute atomic E-state index is 0.254. The number of rotatable bonds is 4. The van der Waals surface area contributed by atoms with Crippen LogP contribution in [0, 0.1) is 6.92 Å². The van der Waals surface area contributed by atoms with Crippen molar-refractivity contribution in [3.8, 4) is 0 Å². The van der Waals surface area contributed by atoms with Gasteiger partial charge in [0.2, 0.25) is 0 Å². The van der Waals surface area contributed by atoms with Crippen molar-refractivity contribution in [2.45, 2.75) is 19.9 Å². The van der Waals surface area contributed by atoms with Gasteiger partial charge in [0.05, 0.1) is 12.3 Å². The molecule has 0 fully saturated rings. The zero-order chi connectivity index (χ0) is 12.3. The fourth-order valence-electron chi connectivity index (χ4n) is 1.50. The van der Waals surface area contributed by atoms with E-state index < -0.39 is 0 Å². The van der Waals surface area contributed by atoms with Crippen molar-refractivity contribution in [3.05, 3.63) is 41.5 Å². The van der Waals surface area contributed by atoms with Crippen LogP contribution in [-0.4, -0.2) is 24.3 Å². The molecule has 17 heavy (non-hydrogen) atoms. The van der Waals surface area contributed by atoms with Crippen molar-refractivity contribution >= 4 is 17.8 Å². The highest BCUT2D eigenvalue weighted by molar-refractivity contribution is 6.22. The van der Waals surface area contributed by atoms with Gasteiger partial charge in [-0.25, -0.2) is 4.79 Å². The second kappa shape index (κ2) is 4.95. The Bertz CT molecular complexity index is 472. The van der Waals surface area contributed by atoms with Crippen LogP contribution in [-0.2, 0) is 9.53 Å². The molecule has 2 rings (SSSR count). The van der Waals surface area contributed by atoms with Gasteiger partial charge in [0.25, 0.3) is 0 Å². The number of carbonyl (C=O) groups is 1. The number of esters is 1. The molecule has 0 bridgehead atoms. The summed E-state index contributed by atoms with van der Waals surface area (Å²) in [5, 5.41) is 0. The van der Waals surface area contributed by atoms with E-state index in [-0.39, 0.29) is 12.0 Å². The largest absolute Gasteiger partial charge is 0.464 e. The smallest absolute Gasteiger partial charge is 0.337 e. The first-order valence-corrected chi connectivity index (χ1v) is 5.70. The molecule has 0 spiro atoms. The molecule has 0 saturated carbocycles. The molecular weight excluding hydrogens is 214 g/mol. The zero-order valence-electron chi connectivity index (χ0n) is 10.0. The second-order valence-electron chi connectivity index (χ2n) is 3.95. The van der Waals surface area contributed by atoms with Gasteiger partial charge in [-0.15, -0.1) is 0 Å². The maximum Gasteiger partial charge on any atom is 0.337 e. The first-order chi connectivity index (χ1) is 8.20. The average molecular weight is 229 g/mol. The molecule has 1 atom stereocenters. The van der Waals surface area contributed by atoms with E-state index in [0.29, 0.717) is 6.61 Å². The zero-order valence-corrected chi connectivity index (χ0v) is 10.0. The van der Waals surface area contributed by atoms with E-state index in [2.05, 4.69) is 24.0 Å². The SMILES string of the molecule is CCOC(=O)C1N=C1/C=C/c1ccc(C)cc1. The number of hydrogen-bond acceptors (Lipinski definition) is 3. The van der Waals surface area contributed by atoms with Crippen molar-refractivity contribution in [1.82, 2.24) is 0 Å². The number of carbonyl (C=O) groups excluding carboxylic acids is 1. The summed E-state index contributed by atoms with van der Waals surface area (Å²) >= 11 is 0. The number of aliphatic imine (C=N–C) groups is 1. The number of hydrogen-bond donors (Lipinski definition) is 0. The van der Waals surface area contributed by atoms with Gasteiger partial charge in [-0.05, 0) is 25.5 Å². The predicted molar refractivity (Wildman–Crippen MR) is 68.1 cm³/mol. The highest BCUT2D eigenvalue weighted by Gasteiger charge is 2.34. The molecule has 1 aromatic carbocycles. The first kappa shape index (κ1) is 11.6. The van der Waals surface area contributed by atoms with Crippen LogP contribution >= 0.6 is 0 Å². The molecule has 0 amide bonds. The Morgan fingerprint density at radius 2 is 2.06 bits per heavy atom.